The molecule has 0 aliphatic heterocycles. The second-order valence-electron chi connectivity index (χ2n) is 6.42. The van der Waals surface area contributed by atoms with Crippen LogP contribution in [0.3, 0.4) is 0 Å². The third-order valence-corrected chi connectivity index (χ3v) is 4.90. The largest absolute Gasteiger partial charge is 0.322 e. The van der Waals surface area contributed by atoms with Crippen molar-refractivity contribution in [1.82, 2.24) is 0 Å². The molecule has 2 aromatic carbocycles. The highest BCUT2D eigenvalue weighted by atomic mass is 16.1. The molecular formula is C21H25NO. The molecule has 3 rings (SSSR count). The zero-order chi connectivity index (χ0) is 16.1. The van der Waals surface area contributed by atoms with E-state index in [1.54, 1.807) is 0 Å². The zero-order valence-electron chi connectivity index (χ0n) is 13.8. The number of para-hydroxylation sites is 1. The first-order valence-corrected chi connectivity index (χ1v) is 8.77. The van der Waals surface area contributed by atoms with Crippen LogP contribution >= 0.6 is 0 Å². The molecule has 1 N–H and O–H groups in total. The van der Waals surface area contributed by atoms with E-state index in [0.29, 0.717) is 5.92 Å². The number of benzene rings is 2. The Morgan fingerprint density at radius 1 is 1.00 bits per heavy atom. The zero-order valence-corrected chi connectivity index (χ0v) is 13.8. The summed E-state index contributed by atoms with van der Waals surface area (Å²) in [7, 11) is 0. The Labute approximate surface area is 138 Å². The smallest absolute Gasteiger partial charge is 0.255 e. The number of anilines is 1. The molecule has 1 saturated carbocycles. The number of rotatable bonds is 4. The van der Waals surface area contributed by atoms with E-state index in [1.165, 1.54) is 43.2 Å². The normalized spacial score (nSPS) is 15.3. The minimum absolute atomic E-state index is 0.0268. The fourth-order valence-corrected chi connectivity index (χ4v) is 3.49. The van der Waals surface area contributed by atoms with Crippen LogP contribution in [-0.4, -0.2) is 5.91 Å². The van der Waals surface area contributed by atoms with Gasteiger partial charge >= 0.3 is 0 Å². The molecule has 2 nitrogen and oxygen atoms in total. The molecule has 23 heavy (non-hydrogen) atoms. The van der Waals surface area contributed by atoms with Crippen molar-refractivity contribution in [2.45, 2.75) is 51.4 Å². The summed E-state index contributed by atoms with van der Waals surface area (Å²) in [6.07, 6.45) is 7.52. The van der Waals surface area contributed by atoms with Crippen molar-refractivity contribution < 1.29 is 4.79 Å². The van der Waals surface area contributed by atoms with Crippen LogP contribution in [0.15, 0.2) is 48.5 Å². The van der Waals surface area contributed by atoms with Crippen molar-refractivity contribution in [3.8, 4) is 0 Å². The van der Waals surface area contributed by atoms with Gasteiger partial charge < -0.3 is 5.32 Å². The van der Waals surface area contributed by atoms with E-state index in [4.69, 9.17) is 0 Å². The molecule has 0 atom stereocenters. The molecule has 0 bridgehead atoms. The minimum Gasteiger partial charge on any atom is -0.322 e. The first kappa shape index (κ1) is 15.8. The van der Waals surface area contributed by atoms with E-state index in [9.17, 15) is 4.79 Å². The first-order valence-electron chi connectivity index (χ1n) is 8.77. The number of carbonyl (C=O) groups is 1. The van der Waals surface area contributed by atoms with Crippen molar-refractivity contribution in [1.29, 1.82) is 0 Å². The van der Waals surface area contributed by atoms with Crippen molar-refractivity contribution in [3.63, 3.8) is 0 Å². The highest BCUT2D eigenvalue weighted by Gasteiger charge is 2.16. The van der Waals surface area contributed by atoms with Gasteiger partial charge in [-0.3, -0.25) is 4.79 Å². The lowest BCUT2D eigenvalue weighted by atomic mass is 9.84. The van der Waals surface area contributed by atoms with Gasteiger partial charge in [0.1, 0.15) is 0 Å². The number of nitrogens with one attached hydrogen (secondary N) is 1. The van der Waals surface area contributed by atoms with E-state index in [-0.39, 0.29) is 5.91 Å². The maximum atomic E-state index is 12.5. The highest BCUT2D eigenvalue weighted by molar-refractivity contribution is 6.04. The summed E-state index contributed by atoms with van der Waals surface area (Å²) >= 11 is 0. The SMILES string of the molecule is CCc1ccccc1NC(=O)c1ccc(C2CCCCC2)cc1. The number of aryl methyl sites for hydroxylation is 1. The molecule has 0 unspecified atom stereocenters. The molecule has 0 spiro atoms. The van der Waals surface area contributed by atoms with Gasteiger partial charge in [-0.05, 0) is 54.5 Å². The monoisotopic (exact) mass is 307 g/mol. The molecule has 0 aromatic heterocycles. The Bertz CT molecular complexity index is 654. The summed E-state index contributed by atoms with van der Waals surface area (Å²) in [5.74, 6) is 0.655. The van der Waals surface area contributed by atoms with E-state index in [1.807, 2.05) is 30.3 Å². The average Bonchev–Trinajstić information content (AvgIpc) is 2.63. The lowest BCUT2D eigenvalue weighted by Gasteiger charge is -2.22. The summed E-state index contributed by atoms with van der Waals surface area (Å²) in [4.78, 5) is 12.5. The molecule has 2 aromatic rings. The molecule has 1 aliphatic rings. The number of hydrogen-bond acceptors (Lipinski definition) is 1. The number of amides is 1. The van der Waals surface area contributed by atoms with Gasteiger partial charge in [0.05, 0.1) is 0 Å². The summed E-state index contributed by atoms with van der Waals surface area (Å²) in [5, 5.41) is 3.04. The van der Waals surface area contributed by atoms with Gasteiger partial charge in [-0.1, -0.05) is 56.5 Å². The maximum absolute atomic E-state index is 12.5. The second kappa shape index (κ2) is 7.45. The third-order valence-electron chi connectivity index (χ3n) is 4.90. The Morgan fingerprint density at radius 2 is 1.70 bits per heavy atom. The predicted octanol–water partition coefficient (Wildman–Crippen LogP) is 5.55. The van der Waals surface area contributed by atoms with Crippen LogP contribution in [0.2, 0.25) is 0 Å². The Kier molecular flexibility index (Phi) is 5.12. The van der Waals surface area contributed by atoms with Gasteiger partial charge in [0.2, 0.25) is 0 Å². The molecule has 1 amide bonds. The predicted molar refractivity (Wildman–Crippen MR) is 96.0 cm³/mol. The minimum atomic E-state index is -0.0268. The van der Waals surface area contributed by atoms with Gasteiger partial charge in [-0.2, -0.15) is 0 Å². The third kappa shape index (κ3) is 3.82. The molecule has 120 valence electrons. The molecule has 0 radical (unpaired) electrons. The quantitative estimate of drug-likeness (QED) is 0.788. The molecule has 0 heterocycles. The van der Waals surface area contributed by atoms with Crippen LogP contribution < -0.4 is 5.32 Å². The van der Waals surface area contributed by atoms with Gasteiger partial charge in [0.25, 0.3) is 5.91 Å². The summed E-state index contributed by atoms with van der Waals surface area (Å²) in [5.41, 5.74) is 4.20. The van der Waals surface area contributed by atoms with Crippen molar-refractivity contribution >= 4 is 11.6 Å². The Balaban J connectivity index is 1.70. The van der Waals surface area contributed by atoms with Gasteiger partial charge in [0, 0.05) is 11.3 Å². The topological polar surface area (TPSA) is 29.1 Å². The van der Waals surface area contributed by atoms with E-state index >= 15 is 0 Å². The fraction of sp³-hybridized carbons (Fsp3) is 0.381. The standard InChI is InChI=1S/C21H25NO/c1-2-16-8-6-7-11-20(16)22-21(23)19-14-12-18(13-15-19)17-9-4-3-5-10-17/h6-8,11-15,17H,2-5,9-10H2,1H3,(H,22,23). The van der Waals surface area contributed by atoms with Crippen LogP contribution in [0.4, 0.5) is 5.69 Å². The van der Waals surface area contributed by atoms with Crippen LogP contribution in [0.1, 0.15) is 66.4 Å². The van der Waals surface area contributed by atoms with Crippen LogP contribution in [0, 0.1) is 0 Å². The summed E-state index contributed by atoms with van der Waals surface area (Å²) < 4.78 is 0. The molecule has 1 fully saturated rings. The van der Waals surface area contributed by atoms with E-state index < -0.39 is 0 Å². The molecule has 2 heteroatoms. The second-order valence-corrected chi connectivity index (χ2v) is 6.42. The average molecular weight is 307 g/mol. The van der Waals surface area contributed by atoms with Gasteiger partial charge in [0.15, 0.2) is 0 Å². The number of hydrogen-bond donors (Lipinski definition) is 1. The van der Waals surface area contributed by atoms with Gasteiger partial charge in [-0.15, -0.1) is 0 Å². The maximum Gasteiger partial charge on any atom is 0.255 e. The highest BCUT2D eigenvalue weighted by Crippen LogP contribution is 2.32. The fourth-order valence-electron chi connectivity index (χ4n) is 3.49. The van der Waals surface area contributed by atoms with Crippen LogP contribution in [0.25, 0.3) is 0 Å². The molecule has 1 aliphatic carbocycles. The summed E-state index contributed by atoms with van der Waals surface area (Å²) in [6.45, 7) is 2.10. The van der Waals surface area contributed by atoms with Crippen LogP contribution in [0.5, 0.6) is 0 Å². The van der Waals surface area contributed by atoms with E-state index in [2.05, 4.69) is 30.4 Å². The number of carbonyl (C=O) groups excluding carboxylic acids is 1. The van der Waals surface area contributed by atoms with Crippen molar-refractivity contribution in [2.75, 3.05) is 5.32 Å². The van der Waals surface area contributed by atoms with Gasteiger partial charge in [-0.25, -0.2) is 0 Å². The molecule has 0 saturated heterocycles. The van der Waals surface area contributed by atoms with E-state index in [0.717, 1.165) is 17.7 Å². The lowest BCUT2D eigenvalue weighted by molar-refractivity contribution is 0.102. The lowest BCUT2D eigenvalue weighted by Crippen LogP contribution is -2.13. The van der Waals surface area contributed by atoms with Crippen LogP contribution in [-0.2, 0) is 6.42 Å². The Hall–Kier alpha value is -2.09. The Morgan fingerprint density at radius 3 is 2.39 bits per heavy atom. The van der Waals surface area contributed by atoms with Crippen molar-refractivity contribution in [2.24, 2.45) is 0 Å². The summed E-state index contributed by atoms with van der Waals surface area (Å²) in [6, 6.07) is 16.2. The molecular weight excluding hydrogens is 282 g/mol. The van der Waals surface area contributed by atoms with Crippen molar-refractivity contribution in [3.05, 3.63) is 65.2 Å². The first-order chi connectivity index (χ1) is 11.3.